The normalized spacial score (nSPS) is 11.6. The van der Waals surface area contributed by atoms with Crippen molar-refractivity contribution in [1.82, 2.24) is 0 Å². The zero-order chi connectivity index (χ0) is 9.14. The molecule has 0 fully saturated rings. The molecule has 3 heteroatoms. The van der Waals surface area contributed by atoms with E-state index in [-0.39, 0.29) is 24.3 Å². The van der Waals surface area contributed by atoms with Crippen molar-refractivity contribution in [3.8, 4) is 0 Å². The van der Waals surface area contributed by atoms with Crippen molar-refractivity contribution in [2.45, 2.75) is 13.0 Å². The molecule has 0 aliphatic rings. The summed E-state index contributed by atoms with van der Waals surface area (Å²) in [5.74, 6) is -0.229. The van der Waals surface area contributed by atoms with Gasteiger partial charge in [0.25, 0.3) is 0 Å². The molecule has 72 valence electrons. The van der Waals surface area contributed by atoms with Crippen LogP contribution in [0.2, 0.25) is 0 Å². The molecule has 0 spiro atoms. The summed E-state index contributed by atoms with van der Waals surface area (Å²) in [6, 6.07) is 4.37. The van der Waals surface area contributed by atoms with Crippen molar-refractivity contribution in [2.24, 2.45) is 5.73 Å². The van der Waals surface area contributed by atoms with Crippen LogP contribution in [-0.2, 0) is 0 Å². The van der Waals surface area contributed by atoms with Gasteiger partial charge in [0.1, 0.15) is 5.82 Å². The fraction of sp³-hybridized carbons (Fsp3) is 0.200. The summed E-state index contributed by atoms with van der Waals surface area (Å²) in [6.45, 7) is 5.42. The fourth-order valence-electron chi connectivity index (χ4n) is 1.14. The molecule has 1 rings (SSSR count). The molecule has 0 bridgehead atoms. The van der Waals surface area contributed by atoms with Crippen molar-refractivity contribution < 1.29 is 4.39 Å². The summed E-state index contributed by atoms with van der Waals surface area (Å²) in [5, 5.41) is 0. The minimum absolute atomic E-state index is 0. The first kappa shape index (κ1) is 12.1. The predicted molar refractivity (Wildman–Crippen MR) is 55.5 cm³/mol. The van der Waals surface area contributed by atoms with E-state index in [9.17, 15) is 4.39 Å². The van der Waals surface area contributed by atoms with Crippen LogP contribution in [0.4, 0.5) is 4.39 Å². The topological polar surface area (TPSA) is 26.0 Å². The molecular formula is C10H13ClFN. The fourth-order valence-corrected chi connectivity index (χ4v) is 1.14. The molecule has 13 heavy (non-hydrogen) atoms. The lowest BCUT2D eigenvalue weighted by Gasteiger charge is -2.09. The first-order valence-corrected chi connectivity index (χ1v) is 3.79. The third-order valence-electron chi connectivity index (χ3n) is 1.84. The van der Waals surface area contributed by atoms with Gasteiger partial charge in [0.15, 0.2) is 0 Å². The molecule has 0 radical (unpaired) electrons. The lowest BCUT2D eigenvalue weighted by molar-refractivity contribution is 0.625. The Morgan fingerprint density at radius 1 is 1.54 bits per heavy atom. The van der Waals surface area contributed by atoms with Crippen LogP contribution in [0, 0.1) is 12.7 Å². The molecule has 1 aromatic rings. The van der Waals surface area contributed by atoms with E-state index in [1.165, 1.54) is 12.1 Å². The van der Waals surface area contributed by atoms with E-state index in [0.717, 1.165) is 11.1 Å². The predicted octanol–water partition coefficient (Wildman–Crippen LogP) is 2.74. The van der Waals surface area contributed by atoms with Crippen LogP contribution in [-0.4, -0.2) is 0 Å². The van der Waals surface area contributed by atoms with E-state index in [2.05, 4.69) is 6.58 Å². The number of nitrogens with two attached hydrogens (primary N) is 1. The first-order chi connectivity index (χ1) is 5.65. The van der Waals surface area contributed by atoms with Crippen molar-refractivity contribution in [3.05, 3.63) is 47.8 Å². The molecule has 0 unspecified atom stereocenters. The molecule has 1 atom stereocenters. The van der Waals surface area contributed by atoms with Crippen LogP contribution in [0.5, 0.6) is 0 Å². The molecule has 1 nitrogen and oxygen atoms in total. The zero-order valence-corrected chi connectivity index (χ0v) is 8.27. The Bertz CT molecular complexity index is 299. The van der Waals surface area contributed by atoms with Gasteiger partial charge >= 0.3 is 0 Å². The third kappa shape index (κ3) is 2.83. The molecule has 0 aromatic heterocycles. The largest absolute Gasteiger partial charge is 0.321 e. The van der Waals surface area contributed by atoms with Crippen LogP contribution < -0.4 is 5.73 Å². The number of hydrogen-bond acceptors (Lipinski definition) is 1. The summed E-state index contributed by atoms with van der Waals surface area (Å²) in [5.41, 5.74) is 7.49. The third-order valence-corrected chi connectivity index (χ3v) is 1.84. The molecule has 0 amide bonds. The van der Waals surface area contributed by atoms with Gasteiger partial charge in [0.05, 0.1) is 0 Å². The molecule has 1 aromatic carbocycles. The SMILES string of the molecule is C=C[C@H](N)c1ccc(F)cc1C.Cl. The van der Waals surface area contributed by atoms with Crippen molar-refractivity contribution in [2.75, 3.05) is 0 Å². The lowest BCUT2D eigenvalue weighted by atomic mass is 10.0. The molecule has 0 heterocycles. The highest BCUT2D eigenvalue weighted by Crippen LogP contribution is 2.16. The molecule has 0 saturated heterocycles. The Morgan fingerprint density at radius 3 is 2.62 bits per heavy atom. The monoisotopic (exact) mass is 201 g/mol. The summed E-state index contributed by atoms with van der Waals surface area (Å²) in [7, 11) is 0. The zero-order valence-electron chi connectivity index (χ0n) is 7.46. The van der Waals surface area contributed by atoms with Crippen LogP contribution in [0.3, 0.4) is 0 Å². The molecule has 0 aliphatic carbocycles. The van der Waals surface area contributed by atoms with Gasteiger partial charge in [-0.1, -0.05) is 12.1 Å². The Morgan fingerprint density at radius 2 is 2.15 bits per heavy atom. The lowest BCUT2D eigenvalue weighted by Crippen LogP contribution is -2.08. The molecule has 0 aliphatic heterocycles. The smallest absolute Gasteiger partial charge is 0.123 e. The number of benzene rings is 1. The van der Waals surface area contributed by atoms with Crippen LogP contribution in [0.15, 0.2) is 30.9 Å². The van der Waals surface area contributed by atoms with E-state index in [0.29, 0.717) is 0 Å². The van der Waals surface area contributed by atoms with Gasteiger partial charge in [-0.15, -0.1) is 19.0 Å². The average molecular weight is 202 g/mol. The maximum atomic E-state index is 12.6. The highest BCUT2D eigenvalue weighted by molar-refractivity contribution is 5.85. The van der Waals surface area contributed by atoms with E-state index < -0.39 is 0 Å². The summed E-state index contributed by atoms with van der Waals surface area (Å²) in [6.07, 6.45) is 1.64. The quantitative estimate of drug-likeness (QED) is 0.732. The second kappa shape index (κ2) is 5.00. The van der Waals surface area contributed by atoms with Gasteiger partial charge in [-0.3, -0.25) is 0 Å². The summed E-state index contributed by atoms with van der Waals surface area (Å²) in [4.78, 5) is 0. The highest BCUT2D eigenvalue weighted by atomic mass is 35.5. The standard InChI is InChI=1S/C10H12FN.ClH/c1-3-10(12)9-5-4-8(11)6-7(9)2;/h3-6,10H,1,12H2,2H3;1H/t10-;/m0./s1. The van der Waals surface area contributed by atoms with Gasteiger partial charge in [-0.25, -0.2) is 4.39 Å². The van der Waals surface area contributed by atoms with Crippen molar-refractivity contribution >= 4 is 12.4 Å². The van der Waals surface area contributed by atoms with Gasteiger partial charge < -0.3 is 5.73 Å². The van der Waals surface area contributed by atoms with Gasteiger partial charge in [-0.2, -0.15) is 0 Å². The minimum Gasteiger partial charge on any atom is -0.321 e. The van der Waals surface area contributed by atoms with Gasteiger partial charge in [0, 0.05) is 6.04 Å². The Hall–Kier alpha value is -0.860. The second-order valence-corrected chi connectivity index (χ2v) is 2.76. The summed E-state index contributed by atoms with van der Waals surface area (Å²) < 4.78 is 12.6. The Balaban J connectivity index is 0.00000144. The van der Waals surface area contributed by atoms with Crippen LogP contribution in [0.1, 0.15) is 17.2 Å². The minimum atomic E-state index is -0.229. The second-order valence-electron chi connectivity index (χ2n) is 2.76. The van der Waals surface area contributed by atoms with E-state index >= 15 is 0 Å². The Labute approximate surface area is 83.9 Å². The highest BCUT2D eigenvalue weighted by Gasteiger charge is 2.04. The maximum Gasteiger partial charge on any atom is 0.123 e. The Kier molecular flexibility index (Phi) is 4.67. The van der Waals surface area contributed by atoms with Gasteiger partial charge in [0.2, 0.25) is 0 Å². The van der Waals surface area contributed by atoms with E-state index in [4.69, 9.17) is 5.73 Å². The molecule has 0 saturated carbocycles. The molecular weight excluding hydrogens is 189 g/mol. The number of hydrogen-bond donors (Lipinski definition) is 1. The van der Waals surface area contributed by atoms with Crippen LogP contribution in [0.25, 0.3) is 0 Å². The van der Waals surface area contributed by atoms with Gasteiger partial charge in [-0.05, 0) is 30.2 Å². The summed E-state index contributed by atoms with van der Waals surface area (Å²) >= 11 is 0. The van der Waals surface area contributed by atoms with E-state index in [1.807, 2.05) is 6.92 Å². The van der Waals surface area contributed by atoms with E-state index in [1.54, 1.807) is 12.1 Å². The first-order valence-electron chi connectivity index (χ1n) is 3.79. The van der Waals surface area contributed by atoms with Crippen molar-refractivity contribution in [1.29, 1.82) is 0 Å². The van der Waals surface area contributed by atoms with Crippen molar-refractivity contribution in [3.63, 3.8) is 0 Å². The number of aryl methyl sites for hydroxylation is 1. The number of rotatable bonds is 2. The molecule has 2 N–H and O–H groups in total. The number of halogens is 2. The maximum absolute atomic E-state index is 12.6. The van der Waals surface area contributed by atoms with Crippen LogP contribution >= 0.6 is 12.4 Å². The average Bonchev–Trinajstić information content (AvgIpc) is 2.03.